The zero-order valence-corrected chi connectivity index (χ0v) is 24.7. The monoisotopic (exact) mass is 580 g/mol. The van der Waals surface area contributed by atoms with Crippen LogP contribution in [0.15, 0.2) is 132 Å². The van der Waals surface area contributed by atoms with Crippen LogP contribution in [0.4, 0.5) is 0 Å². The molecule has 0 aliphatic rings. The number of aromatic nitrogens is 2. The fourth-order valence-electron chi connectivity index (χ4n) is 6.98. The standard InChI is InChI=1S/C40H24N2OS/c1-23-10-16-30-36(20-23)44-35-19-17-32-39(38(30)35)43-40(41-32)25-11-14-28(15-12-25)42-33-18-13-24-6-4-5-9-29(24)37(33)31-21-26-7-2-3-8-27(26)22-34(31)42/h2-22H,1H3. The Morgan fingerprint density at radius 3 is 2.25 bits per heavy atom. The molecule has 3 nitrogen and oxygen atoms in total. The molecule has 0 saturated carbocycles. The van der Waals surface area contributed by atoms with E-state index in [0.717, 1.165) is 27.7 Å². The molecule has 0 bridgehead atoms. The summed E-state index contributed by atoms with van der Waals surface area (Å²) in [7, 11) is 0. The molecule has 10 rings (SSSR count). The van der Waals surface area contributed by atoms with Crippen LogP contribution in [0.2, 0.25) is 0 Å². The minimum absolute atomic E-state index is 0.643. The average molecular weight is 581 g/mol. The first-order valence-electron chi connectivity index (χ1n) is 14.9. The van der Waals surface area contributed by atoms with E-state index in [1.165, 1.54) is 63.7 Å². The highest BCUT2D eigenvalue weighted by Crippen LogP contribution is 2.41. The summed E-state index contributed by atoms with van der Waals surface area (Å²) < 4.78 is 11.4. The quantitative estimate of drug-likeness (QED) is 0.204. The number of aryl methyl sites for hydroxylation is 1. The highest BCUT2D eigenvalue weighted by molar-refractivity contribution is 7.26. The number of hydrogen-bond donors (Lipinski definition) is 0. The van der Waals surface area contributed by atoms with Crippen LogP contribution in [0.3, 0.4) is 0 Å². The second kappa shape index (κ2) is 8.79. The molecule has 206 valence electrons. The van der Waals surface area contributed by atoms with E-state index in [0.29, 0.717) is 5.89 Å². The van der Waals surface area contributed by atoms with Gasteiger partial charge in [0.05, 0.1) is 11.0 Å². The molecule has 3 aromatic heterocycles. The van der Waals surface area contributed by atoms with E-state index < -0.39 is 0 Å². The van der Waals surface area contributed by atoms with Crippen molar-refractivity contribution in [3.8, 4) is 17.1 Å². The van der Waals surface area contributed by atoms with E-state index in [-0.39, 0.29) is 0 Å². The van der Waals surface area contributed by atoms with Crippen LogP contribution in [0.25, 0.3) is 91.8 Å². The first kappa shape index (κ1) is 24.0. The Kier molecular flexibility index (Phi) is 4.80. The molecule has 0 spiro atoms. The lowest BCUT2D eigenvalue weighted by molar-refractivity contribution is 0.623. The van der Waals surface area contributed by atoms with E-state index in [1.807, 2.05) is 11.3 Å². The lowest BCUT2D eigenvalue weighted by Gasteiger charge is -2.09. The molecule has 4 heteroatoms. The summed E-state index contributed by atoms with van der Waals surface area (Å²) in [5.41, 5.74) is 7.48. The van der Waals surface area contributed by atoms with Crippen molar-refractivity contribution >= 4 is 86.0 Å². The third-order valence-corrected chi connectivity index (χ3v) is 10.2. The summed E-state index contributed by atoms with van der Waals surface area (Å²) in [5.74, 6) is 0.643. The van der Waals surface area contributed by atoms with E-state index in [2.05, 4.69) is 139 Å². The van der Waals surface area contributed by atoms with E-state index in [9.17, 15) is 0 Å². The minimum atomic E-state index is 0.643. The van der Waals surface area contributed by atoms with E-state index >= 15 is 0 Å². The molecule has 0 aliphatic heterocycles. The number of nitrogens with zero attached hydrogens (tertiary/aromatic N) is 2. The van der Waals surface area contributed by atoms with Crippen molar-refractivity contribution in [2.75, 3.05) is 0 Å². The Balaban J connectivity index is 1.17. The summed E-state index contributed by atoms with van der Waals surface area (Å²) in [6.07, 6.45) is 0. The van der Waals surface area contributed by atoms with Crippen molar-refractivity contribution in [3.63, 3.8) is 0 Å². The molecule has 10 aromatic rings. The predicted molar refractivity (Wildman–Crippen MR) is 186 cm³/mol. The normalized spacial score (nSPS) is 12.2. The van der Waals surface area contributed by atoms with Gasteiger partial charge in [0, 0.05) is 42.2 Å². The largest absolute Gasteiger partial charge is 0.435 e. The van der Waals surface area contributed by atoms with Gasteiger partial charge >= 0.3 is 0 Å². The highest BCUT2D eigenvalue weighted by atomic mass is 32.1. The fourth-order valence-corrected chi connectivity index (χ4v) is 8.18. The average Bonchev–Trinajstić information content (AvgIpc) is 3.75. The second-order valence-electron chi connectivity index (χ2n) is 11.7. The molecule has 0 saturated heterocycles. The van der Waals surface area contributed by atoms with Gasteiger partial charge in [-0.05, 0) is 94.7 Å². The minimum Gasteiger partial charge on any atom is -0.435 e. The zero-order chi connectivity index (χ0) is 28.9. The molecule has 0 unspecified atom stereocenters. The third-order valence-electron chi connectivity index (χ3n) is 9.04. The topological polar surface area (TPSA) is 31.0 Å². The van der Waals surface area contributed by atoms with Crippen LogP contribution in [0.5, 0.6) is 0 Å². The number of thiophene rings is 1. The predicted octanol–water partition coefficient (Wildman–Crippen LogP) is 11.6. The maximum Gasteiger partial charge on any atom is 0.227 e. The molecule has 44 heavy (non-hydrogen) atoms. The zero-order valence-electron chi connectivity index (χ0n) is 23.8. The van der Waals surface area contributed by atoms with Crippen molar-refractivity contribution in [3.05, 3.63) is 133 Å². The van der Waals surface area contributed by atoms with Gasteiger partial charge in [-0.25, -0.2) is 4.98 Å². The van der Waals surface area contributed by atoms with Gasteiger partial charge in [0.15, 0.2) is 5.58 Å². The molecule has 0 fully saturated rings. The van der Waals surface area contributed by atoms with Gasteiger partial charge in [-0.2, -0.15) is 0 Å². The number of benzene rings is 7. The molecule has 0 atom stereocenters. The molecular formula is C40H24N2OS. The number of rotatable bonds is 2. The molecule has 0 amide bonds. The maximum atomic E-state index is 6.52. The van der Waals surface area contributed by atoms with Gasteiger partial charge in [0.1, 0.15) is 5.52 Å². The van der Waals surface area contributed by atoms with Crippen molar-refractivity contribution in [2.45, 2.75) is 6.92 Å². The van der Waals surface area contributed by atoms with Gasteiger partial charge < -0.3 is 8.98 Å². The van der Waals surface area contributed by atoms with Crippen molar-refractivity contribution in [2.24, 2.45) is 0 Å². The van der Waals surface area contributed by atoms with Gasteiger partial charge in [-0.1, -0.05) is 66.7 Å². The van der Waals surface area contributed by atoms with Gasteiger partial charge in [0.25, 0.3) is 0 Å². The Bertz CT molecular complexity index is 2780. The molecule has 0 N–H and O–H groups in total. The Morgan fingerprint density at radius 1 is 0.591 bits per heavy atom. The van der Waals surface area contributed by atoms with Crippen LogP contribution in [-0.4, -0.2) is 9.55 Å². The smallest absolute Gasteiger partial charge is 0.227 e. The van der Waals surface area contributed by atoms with Gasteiger partial charge in [-0.15, -0.1) is 11.3 Å². The lowest BCUT2D eigenvalue weighted by Crippen LogP contribution is -1.94. The van der Waals surface area contributed by atoms with Gasteiger partial charge in [0.2, 0.25) is 5.89 Å². The van der Waals surface area contributed by atoms with Crippen LogP contribution in [-0.2, 0) is 0 Å². The van der Waals surface area contributed by atoms with E-state index in [1.54, 1.807) is 0 Å². The Morgan fingerprint density at radius 2 is 1.39 bits per heavy atom. The molecule has 0 aliphatic carbocycles. The molecular weight excluding hydrogens is 557 g/mol. The molecule has 0 radical (unpaired) electrons. The van der Waals surface area contributed by atoms with Crippen molar-refractivity contribution < 1.29 is 4.42 Å². The maximum absolute atomic E-state index is 6.52. The summed E-state index contributed by atoms with van der Waals surface area (Å²) in [4.78, 5) is 4.93. The number of hydrogen-bond acceptors (Lipinski definition) is 3. The van der Waals surface area contributed by atoms with Crippen LogP contribution < -0.4 is 0 Å². The Labute approximate surface area is 256 Å². The summed E-state index contributed by atoms with van der Waals surface area (Å²) in [6.45, 7) is 2.14. The third kappa shape index (κ3) is 3.34. The van der Waals surface area contributed by atoms with Crippen LogP contribution in [0, 0.1) is 6.92 Å². The Hall–Kier alpha value is -5.45. The first-order chi connectivity index (χ1) is 21.7. The summed E-state index contributed by atoms with van der Waals surface area (Å²) in [5, 5.41) is 9.94. The van der Waals surface area contributed by atoms with Crippen LogP contribution >= 0.6 is 11.3 Å². The SMILES string of the molecule is Cc1ccc2c(c1)sc1ccc3nc(-c4ccc(-n5c6cc7ccccc7cc6c6c7ccccc7ccc65)cc4)oc3c12. The fraction of sp³-hybridized carbons (Fsp3) is 0.0250. The number of fused-ring (bicyclic) bond motifs is 11. The highest BCUT2D eigenvalue weighted by Gasteiger charge is 2.18. The van der Waals surface area contributed by atoms with Crippen molar-refractivity contribution in [1.29, 1.82) is 0 Å². The van der Waals surface area contributed by atoms with E-state index in [4.69, 9.17) is 9.40 Å². The van der Waals surface area contributed by atoms with Crippen LogP contribution in [0.1, 0.15) is 5.56 Å². The lowest BCUT2D eigenvalue weighted by atomic mass is 10.0. The summed E-state index contributed by atoms with van der Waals surface area (Å²) >= 11 is 1.81. The molecule has 7 aromatic carbocycles. The second-order valence-corrected chi connectivity index (χ2v) is 12.8. The van der Waals surface area contributed by atoms with Gasteiger partial charge in [-0.3, -0.25) is 0 Å². The summed E-state index contributed by atoms with van der Waals surface area (Å²) in [6, 6.07) is 46.0. The molecule has 3 heterocycles. The van der Waals surface area contributed by atoms with Crippen molar-refractivity contribution in [1.82, 2.24) is 9.55 Å². The number of oxazole rings is 1. The first-order valence-corrected chi connectivity index (χ1v) is 15.7.